The Labute approximate surface area is 121 Å². The van der Waals surface area contributed by atoms with Crippen LogP contribution in [0.2, 0.25) is 5.02 Å². The van der Waals surface area contributed by atoms with Gasteiger partial charge in [-0.15, -0.1) is 0 Å². The molecule has 0 aromatic heterocycles. The fraction of sp³-hybridized carbons (Fsp3) is 0.600. The van der Waals surface area contributed by atoms with E-state index < -0.39 is 0 Å². The number of piperidine rings is 1. The molecule has 0 saturated carbocycles. The Morgan fingerprint density at radius 2 is 2.05 bits per heavy atom. The van der Waals surface area contributed by atoms with Crippen molar-refractivity contribution in [2.24, 2.45) is 5.92 Å². The maximum absolute atomic E-state index is 6.05. The van der Waals surface area contributed by atoms with Gasteiger partial charge in [0.2, 0.25) is 0 Å². The van der Waals surface area contributed by atoms with E-state index in [0.717, 1.165) is 30.3 Å². The molecule has 106 valence electrons. The van der Waals surface area contributed by atoms with Crippen LogP contribution in [-0.2, 0) is 0 Å². The largest absolute Gasteiger partial charge is 0.398 e. The van der Waals surface area contributed by atoms with E-state index >= 15 is 0 Å². The summed E-state index contributed by atoms with van der Waals surface area (Å²) in [6.45, 7) is 8.89. The summed E-state index contributed by atoms with van der Waals surface area (Å²) in [5.74, 6) is 0.891. The summed E-state index contributed by atoms with van der Waals surface area (Å²) in [5, 5.41) is 4.08. The molecule has 1 heterocycles. The number of anilines is 2. The summed E-state index contributed by atoms with van der Waals surface area (Å²) in [7, 11) is 0. The summed E-state index contributed by atoms with van der Waals surface area (Å²) in [4.78, 5) is 2.53. The van der Waals surface area contributed by atoms with Crippen LogP contribution in [0.5, 0.6) is 0 Å². The monoisotopic (exact) mass is 281 g/mol. The van der Waals surface area contributed by atoms with Gasteiger partial charge in [0.15, 0.2) is 0 Å². The molecule has 3 N–H and O–H groups in total. The van der Waals surface area contributed by atoms with Gasteiger partial charge in [-0.3, -0.25) is 0 Å². The number of hydrogen-bond donors (Lipinski definition) is 2. The van der Waals surface area contributed by atoms with Crippen molar-refractivity contribution in [3.63, 3.8) is 0 Å². The van der Waals surface area contributed by atoms with Crippen LogP contribution in [0.1, 0.15) is 25.3 Å². The highest BCUT2D eigenvalue weighted by Gasteiger charge is 2.14. The zero-order valence-electron chi connectivity index (χ0n) is 11.9. The molecular weight excluding hydrogens is 258 g/mol. The number of halogens is 1. The van der Waals surface area contributed by atoms with Crippen LogP contribution >= 0.6 is 11.6 Å². The molecule has 0 atom stereocenters. The lowest BCUT2D eigenvalue weighted by Gasteiger charge is -2.30. The van der Waals surface area contributed by atoms with Gasteiger partial charge < -0.3 is 16.0 Å². The van der Waals surface area contributed by atoms with Crippen molar-refractivity contribution < 1.29 is 0 Å². The Morgan fingerprint density at radius 3 is 2.74 bits per heavy atom. The Balaban J connectivity index is 1.81. The minimum atomic E-state index is 0.625. The van der Waals surface area contributed by atoms with Gasteiger partial charge in [0.25, 0.3) is 0 Å². The summed E-state index contributed by atoms with van der Waals surface area (Å²) in [5.41, 5.74) is 8.66. The van der Waals surface area contributed by atoms with E-state index in [0.29, 0.717) is 10.7 Å². The van der Waals surface area contributed by atoms with Crippen LogP contribution in [0, 0.1) is 12.8 Å². The van der Waals surface area contributed by atoms with Crippen molar-refractivity contribution in [1.82, 2.24) is 4.90 Å². The lowest BCUT2D eigenvalue weighted by molar-refractivity contribution is 0.199. The minimum absolute atomic E-state index is 0.625. The molecule has 0 amide bonds. The van der Waals surface area contributed by atoms with Gasteiger partial charge in [0.05, 0.1) is 10.7 Å². The fourth-order valence-electron chi connectivity index (χ4n) is 2.53. The van der Waals surface area contributed by atoms with E-state index in [1.54, 1.807) is 0 Å². The quantitative estimate of drug-likeness (QED) is 0.832. The third kappa shape index (κ3) is 4.02. The second kappa shape index (κ2) is 6.49. The van der Waals surface area contributed by atoms with Gasteiger partial charge in [-0.25, -0.2) is 0 Å². The van der Waals surface area contributed by atoms with E-state index in [1.807, 2.05) is 12.1 Å². The molecule has 0 spiro atoms. The first kappa shape index (κ1) is 14.5. The summed E-state index contributed by atoms with van der Waals surface area (Å²) < 4.78 is 0. The van der Waals surface area contributed by atoms with Crippen LogP contribution in [0.15, 0.2) is 12.1 Å². The predicted octanol–water partition coefficient (Wildman–Crippen LogP) is 3.37. The minimum Gasteiger partial charge on any atom is -0.398 e. The topological polar surface area (TPSA) is 41.3 Å². The van der Waals surface area contributed by atoms with Crippen LogP contribution in [0.3, 0.4) is 0 Å². The van der Waals surface area contributed by atoms with E-state index in [9.17, 15) is 0 Å². The molecule has 0 bridgehead atoms. The molecule has 1 aromatic rings. The molecule has 4 heteroatoms. The smallest absolute Gasteiger partial charge is 0.0656 e. The number of benzene rings is 1. The number of hydrogen-bond acceptors (Lipinski definition) is 3. The molecule has 1 aliphatic rings. The van der Waals surface area contributed by atoms with Crippen LogP contribution in [-0.4, -0.2) is 31.1 Å². The second-order valence-corrected chi connectivity index (χ2v) is 6.05. The average molecular weight is 282 g/mol. The van der Waals surface area contributed by atoms with Crippen molar-refractivity contribution in [3.05, 3.63) is 22.7 Å². The van der Waals surface area contributed by atoms with Crippen molar-refractivity contribution >= 4 is 23.0 Å². The molecule has 1 aliphatic heterocycles. The van der Waals surface area contributed by atoms with Gasteiger partial charge in [-0.2, -0.15) is 0 Å². The highest BCUT2D eigenvalue weighted by molar-refractivity contribution is 6.33. The number of aryl methyl sites for hydroxylation is 1. The lowest BCUT2D eigenvalue weighted by atomic mass is 9.99. The van der Waals surface area contributed by atoms with Crippen molar-refractivity contribution in [3.8, 4) is 0 Å². The van der Waals surface area contributed by atoms with Crippen LogP contribution in [0.25, 0.3) is 0 Å². The number of nitrogens with one attached hydrogen (secondary N) is 1. The van der Waals surface area contributed by atoms with Gasteiger partial charge in [-0.1, -0.05) is 18.5 Å². The molecule has 0 radical (unpaired) electrons. The van der Waals surface area contributed by atoms with E-state index in [-0.39, 0.29) is 0 Å². The third-order valence-corrected chi connectivity index (χ3v) is 4.29. The fourth-order valence-corrected chi connectivity index (χ4v) is 2.69. The number of nitrogen functional groups attached to an aromatic ring is 1. The first-order valence-electron chi connectivity index (χ1n) is 7.08. The summed E-state index contributed by atoms with van der Waals surface area (Å²) >= 11 is 6.05. The first-order chi connectivity index (χ1) is 9.06. The van der Waals surface area contributed by atoms with Crippen LogP contribution < -0.4 is 11.1 Å². The maximum atomic E-state index is 6.05. The number of likely N-dealkylation sites (tertiary alicyclic amines) is 1. The van der Waals surface area contributed by atoms with E-state index in [1.165, 1.54) is 25.9 Å². The molecule has 0 unspecified atom stereocenters. The standard InChI is InChI=1S/C15H24ClN3/c1-11-3-6-19(7-4-11)8-5-18-15-10-13(16)14(17)9-12(15)2/h9-11,18H,3-8,17H2,1-2H3. The van der Waals surface area contributed by atoms with Gasteiger partial charge in [0.1, 0.15) is 0 Å². The van der Waals surface area contributed by atoms with Crippen molar-refractivity contribution in [1.29, 1.82) is 0 Å². The Morgan fingerprint density at radius 1 is 1.37 bits per heavy atom. The SMILES string of the molecule is Cc1cc(N)c(Cl)cc1NCCN1CCC(C)CC1. The molecule has 19 heavy (non-hydrogen) atoms. The summed E-state index contributed by atoms with van der Waals surface area (Å²) in [6.07, 6.45) is 2.65. The van der Waals surface area contributed by atoms with Gasteiger partial charge in [-0.05, 0) is 56.5 Å². The maximum Gasteiger partial charge on any atom is 0.0656 e. The van der Waals surface area contributed by atoms with E-state index in [2.05, 4.69) is 24.1 Å². The Kier molecular flexibility index (Phi) is 4.94. The Bertz CT molecular complexity index is 426. The Hall–Kier alpha value is -0.930. The predicted molar refractivity (Wildman–Crippen MR) is 83.9 cm³/mol. The number of rotatable bonds is 4. The molecule has 2 rings (SSSR count). The molecule has 0 aliphatic carbocycles. The highest BCUT2D eigenvalue weighted by Crippen LogP contribution is 2.26. The van der Waals surface area contributed by atoms with Gasteiger partial charge >= 0.3 is 0 Å². The number of nitrogens with two attached hydrogens (primary N) is 1. The zero-order chi connectivity index (χ0) is 13.8. The first-order valence-corrected chi connectivity index (χ1v) is 7.46. The molecule has 3 nitrogen and oxygen atoms in total. The molecule has 1 saturated heterocycles. The number of nitrogens with zero attached hydrogens (tertiary/aromatic N) is 1. The molecule has 1 aromatic carbocycles. The van der Waals surface area contributed by atoms with Gasteiger partial charge in [0, 0.05) is 18.8 Å². The van der Waals surface area contributed by atoms with Crippen LogP contribution in [0.4, 0.5) is 11.4 Å². The zero-order valence-corrected chi connectivity index (χ0v) is 12.6. The van der Waals surface area contributed by atoms with Crippen molar-refractivity contribution in [2.45, 2.75) is 26.7 Å². The molecule has 1 fully saturated rings. The van der Waals surface area contributed by atoms with Crippen molar-refractivity contribution in [2.75, 3.05) is 37.2 Å². The lowest BCUT2D eigenvalue weighted by Crippen LogP contribution is -2.36. The average Bonchev–Trinajstić information content (AvgIpc) is 2.38. The highest BCUT2D eigenvalue weighted by atomic mass is 35.5. The summed E-state index contributed by atoms with van der Waals surface area (Å²) in [6, 6.07) is 3.84. The third-order valence-electron chi connectivity index (χ3n) is 3.96. The molecular formula is C15H24ClN3. The van der Waals surface area contributed by atoms with E-state index in [4.69, 9.17) is 17.3 Å². The second-order valence-electron chi connectivity index (χ2n) is 5.64. The normalized spacial score (nSPS) is 17.6.